The fourth-order valence-corrected chi connectivity index (χ4v) is 1.71. The Kier molecular flexibility index (Phi) is 4.21. The smallest absolute Gasteiger partial charge is 0.0794 e. The predicted molar refractivity (Wildman–Crippen MR) is 50.5 cm³/mol. The molecule has 0 bridgehead atoms. The van der Waals surface area contributed by atoms with Crippen LogP contribution in [-0.4, -0.2) is 31.8 Å². The number of rotatable bonds is 5. The molecule has 0 radical (unpaired) electrons. The first-order valence-corrected chi connectivity index (χ1v) is 4.78. The van der Waals surface area contributed by atoms with Gasteiger partial charge in [0.15, 0.2) is 0 Å². The summed E-state index contributed by atoms with van der Waals surface area (Å²) in [6.07, 6.45) is 2.90. The van der Waals surface area contributed by atoms with Crippen LogP contribution < -0.4 is 5.32 Å². The highest BCUT2D eigenvalue weighted by Crippen LogP contribution is 2.08. The highest BCUT2D eigenvalue weighted by atomic mass is 32.1. The maximum Gasteiger partial charge on any atom is 0.0794 e. The van der Waals surface area contributed by atoms with E-state index >= 15 is 0 Å². The molecule has 0 aliphatic carbocycles. The highest BCUT2D eigenvalue weighted by Gasteiger charge is 2.06. The van der Waals surface area contributed by atoms with Crippen LogP contribution in [0, 0.1) is 0 Å². The Bertz CT molecular complexity index is 201. The molecule has 0 aliphatic rings. The zero-order valence-corrected chi connectivity index (χ0v) is 8.23. The molecule has 1 N–H and O–H groups in total. The number of ether oxygens (including phenoxy) is 1. The van der Waals surface area contributed by atoms with E-state index in [9.17, 15) is 0 Å². The van der Waals surface area contributed by atoms with Crippen LogP contribution in [0.3, 0.4) is 0 Å². The van der Waals surface area contributed by atoms with E-state index in [1.807, 2.05) is 18.8 Å². The molecular weight excluding hydrogens is 172 g/mol. The van der Waals surface area contributed by atoms with E-state index in [2.05, 4.69) is 10.3 Å². The molecule has 1 aromatic heterocycles. The topological polar surface area (TPSA) is 34.1 Å². The van der Waals surface area contributed by atoms with E-state index in [-0.39, 0.29) is 0 Å². The molecule has 1 unspecified atom stereocenters. The molecule has 0 saturated carbocycles. The van der Waals surface area contributed by atoms with Crippen molar-refractivity contribution in [1.29, 1.82) is 0 Å². The summed E-state index contributed by atoms with van der Waals surface area (Å²) >= 11 is 1.69. The molecule has 0 fully saturated rings. The summed E-state index contributed by atoms with van der Waals surface area (Å²) in [7, 11) is 3.67. The molecule has 1 atom stereocenters. The number of aromatic nitrogens is 1. The molecule has 12 heavy (non-hydrogen) atoms. The lowest BCUT2D eigenvalue weighted by molar-refractivity contribution is 0.169. The van der Waals surface area contributed by atoms with Crippen LogP contribution in [0.25, 0.3) is 0 Å². The summed E-state index contributed by atoms with van der Waals surface area (Å²) in [6, 6.07) is 0.399. The molecule has 3 nitrogen and oxygen atoms in total. The number of thiazole rings is 1. The molecule has 1 heterocycles. The van der Waals surface area contributed by atoms with Gasteiger partial charge >= 0.3 is 0 Å². The SMILES string of the molecule is CNC(COC)Cc1cncs1. The standard InChI is InChI=1S/C8H14N2OS/c1-9-7(5-11-2)3-8-4-10-6-12-8/h4,6-7,9H,3,5H2,1-2H3. The van der Waals surface area contributed by atoms with Gasteiger partial charge < -0.3 is 10.1 Å². The second kappa shape index (κ2) is 5.24. The third kappa shape index (κ3) is 2.89. The van der Waals surface area contributed by atoms with Crippen LogP contribution in [0.15, 0.2) is 11.7 Å². The van der Waals surface area contributed by atoms with Crippen molar-refractivity contribution < 1.29 is 4.74 Å². The van der Waals surface area contributed by atoms with Crippen LogP contribution in [0.4, 0.5) is 0 Å². The lowest BCUT2D eigenvalue weighted by Gasteiger charge is -2.12. The highest BCUT2D eigenvalue weighted by molar-refractivity contribution is 7.09. The van der Waals surface area contributed by atoms with Gasteiger partial charge in [0.1, 0.15) is 0 Å². The Hall–Kier alpha value is -0.450. The van der Waals surface area contributed by atoms with E-state index in [0.29, 0.717) is 6.04 Å². The van der Waals surface area contributed by atoms with Crippen LogP contribution >= 0.6 is 11.3 Å². The average Bonchev–Trinajstić information content (AvgIpc) is 2.56. The lowest BCUT2D eigenvalue weighted by Crippen LogP contribution is -2.31. The fraction of sp³-hybridized carbons (Fsp3) is 0.625. The zero-order chi connectivity index (χ0) is 8.81. The summed E-state index contributed by atoms with van der Waals surface area (Å²) in [5.74, 6) is 0. The van der Waals surface area contributed by atoms with Gasteiger partial charge in [-0.15, -0.1) is 11.3 Å². The minimum Gasteiger partial charge on any atom is -0.383 e. The van der Waals surface area contributed by atoms with E-state index in [0.717, 1.165) is 13.0 Å². The molecule has 1 rings (SSSR count). The monoisotopic (exact) mass is 186 g/mol. The summed E-state index contributed by atoms with van der Waals surface area (Å²) in [5.41, 5.74) is 1.86. The average molecular weight is 186 g/mol. The molecule has 68 valence electrons. The number of hydrogen-bond donors (Lipinski definition) is 1. The van der Waals surface area contributed by atoms with Crippen LogP contribution in [0.5, 0.6) is 0 Å². The normalized spacial score (nSPS) is 13.2. The number of methoxy groups -OCH3 is 1. The van der Waals surface area contributed by atoms with Crippen LogP contribution in [0.2, 0.25) is 0 Å². The van der Waals surface area contributed by atoms with Crippen molar-refractivity contribution in [2.24, 2.45) is 0 Å². The van der Waals surface area contributed by atoms with E-state index < -0.39 is 0 Å². The fourth-order valence-electron chi connectivity index (χ4n) is 1.03. The molecule has 0 amide bonds. The minimum absolute atomic E-state index is 0.399. The van der Waals surface area contributed by atoms with Gasteiger partial charge in [-0.25, -0.2) is 0 Å². The van der Waals surface area contributed by atoms with Crippen molar-refractivity contribution in [3.8, 4) is 0 Å². The summed E-state index contributed by atoms with van der Waals surface area (Å²) in [4.78, 5) is 5.32. The quantitative estimate of drug-likeness (QED) is 0.742. The van der Waals surface area contributed by atoms with Gasteiger partial charge in [-0.05, 0) is 7.05 Å². The molecule has 0 aromatic carbocycles. The Balaban J connectivity index is 2.37. The van der Waals surface area contributed by atoms with Gasteiger partial charge in [-0.3, -0.25) is 4.98 Å². The molecular formula is C8H14N2OS. The van der Waals surface area contributed by atoms with Gasteiger partial charge in [-0.2, -0.15) is 0 Å². The third-order valence-corrected chi connectivity index (χ3v) is 2.51. The van der Waals surface area contributed by atoms with E-state index in [1.54, 1.807) is 18.4 Å². The predicted octanol–water partition coefficient (Wildman–Crippen LogP) is 0.920. The zero-order valence-electron chi connectivity index (χ0n) is 7.41. The molecule has 1 aromatic rings. The van der Waals surface area contributed by atoms with Crippen molar-refractivity contribution in [2.45, 2.75) is 12.5 Å². The molecule has 0 saturated heterocycles. The summed E-state index contributed by atoms with van der Waals surface area (Å²) in [5, 5.41) is 3.20. The second-order valence-electron chi connectivity index (χ2n) is 2.61. The van der Waals surface area contributed by atoms with E-state index in [1.165, 1.54) is 4.88 Å². The van der Waals surface area contributed by atoms with Crippen molar-refractivity contribution in [3.63, 3.8) is 0 Å². The number of likely N-dealkylation sites (N-methyl/N-ethyl adjacent to an activating group) is 1. The van der Waals surface area contributed by atoms with E-state index in [4.69, 9.17) is 4.74 Å². The van der Waals surface area contributed by atoms with Gasteiger partial charge in [0.2, 0.25) is 0 Å². The molecule has 0 spiro atoms. The van der Waals surface area contributed by atoms with Gasteiger partial charge in [0.05, 0.1) is 12.1 Å². The molecule has 0 aliphatic heterocycles. The maximum atomic E-state index is 5.07. The van der Waals surface area contributed by atoms with Crippen molar-refractivity contribution in [2.75, 3.05) is 20.8 Å². The van der Waals surface area contributed by atoms with Crippen molar-refractivity contribution in [1.82, 2.24) is 10.3 Å². The lowest BCUT2D eigenvalue weighted by atomic mass is 10.2. The largest absolute Gasteiger partial charge is 0.383 e. The summed E-state index contributed by atoms with van der Waals surface area (Å²) < 4.78 is 5.07. The Labute approximate surface area is 76.8 Å². The van der Waals surface area contributed by atoms with Gasteiger partial charge in [-0.1, -0.05) is 0 Å². The third-order valence-electron chi connectivity index (χ3n) is 1.71. The first kappa shape index (κ1) is 9.64. The number of nitrogens with zero attached hydrogens (tertiary/aromatic N) is 1. The number of nitrogens with one attached hydrogen (secondary N) is 1. The molecule has 4 heteroatoms. The first-order chi connectivity index (χ1) is 5.86. The Morgan fingerprint density at radius 3 is 3.08 bits per heavy atom. The van der Waals surface area contributed by atoms with Crippen LogP contribution in [0.1, 0.15) is 4.88 Å². The number of hydrogen-bond acceptors (Lipinski definition) is 4. The van der Waals surface area contributed by atoms with Gasteiger partial charge in [0, 0.05) is 30.6 Å². The van der Waals surface area contributed by atoms with Crippen LogP contribution in [-0.2, 0) is 11.2 Å². The summed E-state index contributed by atoms with van der Waals surface area (Å²) in [6.45, 7) is 0.744. The van der Waals surface area contributed by atoms with Crippen molar-refractivity contribution in [3.05, 3.63) is 16.6 Å². The van der Waals surface area contributed by atoms with Gasteiger partial charge in [0.25, 0.3) is 0 Å². The maximum absolute atomic E-state index is 5.07. The minimum atomic E-state index is 0.399. The van der Waals surface area contributed by atoms with Crippen molar-refractivity contribution >= 4 is 11.3 Å². The second-order valence-corrected chi connectivity index (χ2v) is 3.58. The Morgan fingerprint density at radius 2 is 2.58 bits per heavy atom. The first-order valence-electron chi connectivity index (χ1n) is 3.90. The Morgan fingerprint density at radius 1 is 1.75 bits per heavy atom.